The van der Waals surface area contributed by atoms with E-state index in [2.05, 4.69) is 15.4 Å². The highest BCUT2D eigenvalue weighted by Gasteiger charge is 2.26. The maximum Gasteiger partial charge on any atom is 0.274 e. The number of fused-ring (bicyclic) bond motifs is 1. The number of hydrogen-bond acceptors (Lipinski definition) is 4. The van der Waals surface area contributed by atoms with Crippen LogP contribution in [-0.2, 0) is 17.9 Å². The van der Waals surface area contributed by atoms with Crippen LogP contribution in [0.3, 0.4) is 0 Å². The third-order valence-electron chi connectivity index (χ3n) is 4.36. The molecule has 6 nitrogen and oxygen atoms in total. The molecule has 0 spiro atoms. The van der Waals surface area contributed by atoms with Crippen LogP contribution in [0.15, 0.2) is 53.6 Å². The number of rotatable bonds is 6. The monoisotopic (exact) mass is 384 g/mol. The van der Waals surface area contributed by atoms with Gasteiger partial charge in [0.15, 0.2) is 0 Å². The highest BCUT2D eigenvalue weighted by molar-refractivity contribution is 6.19. The zero-order chi connectivity index (χ0) is 19.4. The predicted octanol–water partition coefficient (Wildman–Crippen LogP) is 2.72. The molecule has 0 aliphatic rings. The lowest BCUT2D eigenvalue weighted by molar-refractivity contribution is -0.128. The number of aromatic nitrogens is 3. The minimum Gasteiger partial charge on any atom is -0.350 e. The van der Waals surface area contributed by atoms with Gasteiger partial charge in [-0.05, 0) is 31.5 Å². The van der Waals surface area contributed by atoms with E-state index in [1.807, 2.05) is 30.3 Å². The van der Waals surface area contributed by atoms with Crippen LogP contribution in [0.5, 0.6) is 0 Å². The second-order valence-electron chi connectivity index (χ2n) is 7.02. The van der Waals surface area contributed by atoms with Crippen LogP contribution in [0.25, 0.3) is 10.8 Å². The van der Waals surface area contributed by atoms with Crippen LogP contribution >= 0.6 is 11.6 Å². The third kappa shape index (κ3) is 4.17. The Morgan fingerprint density at radius 1 is 1.19 bits per heavy atom. The zero-order valence-corrected chi connectivity index (χ0v) is 16.0. The molecule has 3 aromatic rings. The second-order valence-corrected chi connectivity index (χ2v) is 7.28. The Morgan fingerprint density at radius 3 is 2.59 bits per heavy atom. The molecule has 0 fully saturated rings. The molecule has 0 aliphatic heterocycles. The van der Waals surface area contributed by atoms with E-state index in [1.54, 1.807) is 32.3 Å². The van der Waals surface area contributed by atoms with Gasteiger partial charge in [0.25, 0.3) is 5.56 Å². The number of nitrogens with zero attached hydrogens (tertiary/aromatic N) is 3. The molecule has 0 bridgehead atoms. The molecule has 0 saturated carbocycles. The van der Waals surface area contributed by atoms with E-state index >= 15 is 0 Å². The van der Waals surface area contributed by atoms with Gasteiger partial charge < -0.3 is 5.32 Å². The van der Waals surface area contributed by atoms with E-state index < -0.39 is 5.41 Å². The van der Waals surface area contributed by atoms with Crippen molar-refractivity contribution in [3.05, 3.63) is 70.4 Å². The summed E-state index contributed by atoms with van der Waals surface area (Å²) in [6, 6.07) is 11.0. The zero-order valence-electron chi connectivity index (χ0n) is 15.3. The highest BCUT2D eigenvalue weighted by atomic mass is 35.5. The molecule has 0 radical (unpaired) electrons. The van der Waals surface area contributed by atoms with Gasteiger partial charge in [0.1, 0.15) is 0 Å². The van der Waals surface area contributed by atoms with Crippen molar-refractivity contribution in [2.45, 2.75) is 26.9 Å². The van der Waals surface area contributed by atoms with Gasteiger partial charge in [-0.1, -0.05) is 24.3 Å². The van der Waals surface area contributed by atoms with Crippen molar-refractivity contribution in [1.82, 2.24) is 20.1 Å². The van der Waals surface area contributed by atoms with E-state index in [9.17, 15) is 9.59 Å². The highest BCUT2D eigenvalue weighted by Crippen LogP contribution is 2.18. The summed E-state index contributed by atoms with van der Waals surface area (Å²) in [4.78, 5) is 29.2. The topological polar surface area (TPSA) is 76.9 Å². The maximum absolute atomic E-state index is 12.8. The molecule has 0 saturated heterocycles. The number of alkyl halides is 1. The Balaban J connectivity index is 1.97. The SMILES string of the molecule is CC(C)(CCl)C(=O)NCc1nn(Cc2cccnc2)c(=O)c2ccccc12. The minimum atomic E-state index is -0.679. The van der Waals surface area contributed by atoms with Gasteiger partial charge in [0, 0.05) is 23.7 Å². The van der Waals surface area contributed by atoms with Gasteiger partial charge in [-0.25, -0.2) is 4.68 Å². The van der Waals surface area contributed by atoms with Crippen LogP contribution in [0.1, 0.15) is 25.1 Å². The Morgan fingerprint density at radius 2 is 1.93 bits per heavy atom. The number of nitrogens with one attached hydrogen (secondary N) is 1. The average molecular weight is 385 g/mol. The summed E-state index contributed by atoms with van der Waals surface area (Å²) in [7, 11) is 0. The van der Waals surface area contributed by atoms with E-state index in [1.165, 1.54) is 4.68 Å². The molecule has 2 aromatic heterocycles. The fourth-order valence-electron chi connectivity index (χ4n) is 2.67. The molecule has 7 heteroatoms. The van der Waals surface area contributed by atoms with Crippen molar-refractivity contribution < 1.29 is 4.79 Å². The summed E-state index contributed by atoms with van der Waals surface area (Å²) < 4.78 is 1.41. The molecule has 0 unspecified atom stereocenters. The Hall–Kier alpha value is -2.73. The lowest BCUT2D eigenvalue weighted by Gasteiger charge is -2.20. The first-order valence-corrected chi connectivity index (χ1v) is 9.18. The van der Waals surface area contributed by atoms with Gasteiger partial charge in [0.05, 0.1) is 29.6 Å². The number of hydrogen-bond donors (Lipinski definition) is 1. The molecule has 1 amide bonds. The first-order valence-electron chi connectivity index (χ1n) is 8.64. The van der Waals surface area contributed by atoms with Crippen molar-refractivity contribution in [3.8, 4) is 0 Å². The van der Waals surface area contributed by atoms with Gasteiger partial charge in [-0.15, -0.1) is 11.6 Å². The predicted molar refractivity (Wildman–Crippen MR) is 106 cm³/mol. The first kappa shape index (κ1) is 19.0. The van der Waals surface area contributed by atoms with Crippen LogP contribution in [0.4, 0.5) is 0 Å². The summed E-state index contributed by atoms with van der Waals surface area (Å²) in [5, 5.41) is 8.68. The van der Waals surface area contributed by atoms with E-state index in [4.69, 9.17) is 11.6 Å². The molecule has 0 aliphatic carbocycles. The number of halogens is 1. The van der Waals surface area contributed by atoms with E-state index in [0.29, 0.717) is 17.6 Å². The first-order chi connectivity index (χ1) is 12.9. The normalized spacial score (nSPS) is 11.5. The number of carbonyl (C=O) groups excluding carboxylic acids is 1. The standard InChI is InChI=1S/C20H21ClN4O2/c1-20(2,13-21)19(27)23-11-17-15-7-3-4-8-16(15)18(26)25(24-17)12-14-6-5-9-22-10-14/h3-10H,11-13H2,1-2H3,(H,23,27). The Kier molecular flexibility index (Phi) is 5.56. The molecule has 0 atom stereocenters. The molecule has 1 aromatic carbocycles. The van der Waals surface area contributed by atoms with Crippen molar-refractivity contribution in [2.24, 2.45) is 5.41 Å². The number of carbonyl (C=O) groups is 1. The molecule has 140 valence electrons. The fraction of sp³-hybridized carbons (Fsp3) is 0.300. The minimum absolute atomic E-state index is 0.159. The Labute approximate surface area is 162 Å². The smallest absolute Gasteiger partial charge is 0.274 e. The molecule has 2 heterocycles. The molecule has 1 N–H and O–H groups in total. The summed E-state index contributed by atoms with van der Waals surface area (Å²) in [6.07, 6.45) is 3.38. The maximum atomic E-state index is 12.8. The number of pyridine rings is 1. The van der Waals surface area contributed by atoms with Crippen molar-refractivity contribution >= 4 is 28.3 Å². The molecular weight excluding hydrogens is 364 g/mol. The van der Waals surface area contributed by atoms with Crippen LogP contribution in [0, 0.1) is 5.41 Å². The van der Waals surface area contributed by atoms with Crippen LogP contribution in [-0.4, -0.2) is 26.6 Å². The van der Waals surface area contributed by atoms with Gasteiger partial charge in [0.2, 0.25) is 5.91 Å². The van der Waals surface area contributed by atoms with Crippen LogP contribution in [0.2, 0.25) is 0 Å². The third-order valence-corrected chi connectivity index (χ3v) is 5.03. The van der Waals surface area contributed by atoms with Crippen LogP contribution < -0.4 is 10.9 Å². The largest absolute Gasteiger partial charge is 0.350 e. The van der Waals surface area contributed by atoms with Gasteiger partial charge in [-0.2, -0.15) is 5.10 Å². The van der Waals surface area contributed by atoms with Crippen molar-refractivity contribution in [1.29, 1.82) is 0 Å². The Bertz CT molecular complexity index is 1020. The molecule has 27 heavy (non-hydrogen) atoms. The average Bonchev–Trinajstić information content (AvgIpc) is 2.69. The lowest BCUT2D eigenvalue weighted by Crippen LogP contribution is -2.38. The summed E-state index contributed by atoms with van der Waals surface area (Å²) in [5.74, 6) is 0.0569. The number of amides is 1. The van der Waals surface area contributed by atoms with E-state index in [-0.39, 0.29) is 23.9 Å². The summed E-state index contributed by atoms with van der Waals surface area (Å²) in [6.45, 7) is 4.09. The van der Waals surface area contributed by atoms with Gasteiger partial charge in [-0.3, -0.25) is 14.6 Å². The molecule has 3 rings (SSSR count). The summed E-state index contributed by atoms with van der Waals surface area (Å²) in [5.41, 5.74) is 0.653. The van der Waals surface area contributed by atoms with E-state index in [0.717, 1.165) is 10.9 Å². The number of benzene rings is 1. The van der Waals surface area contributed by atoms with Crippen molar-refractivity contribution in [3.63, 3.8) is 0 Å². The fourth-order valence-corrected chi connectivity index (χ4v) is 2.79. The van der Waals surface area contributed by atoms with Crippen molar-refractivity contribution in [2.75, 3.05) is 5.88 Å². The van der Waals surface area contributed by atoms with Gasteiger partial charge >= 0.3 is 0 Å². The second kappa shape index (κ2) is 7.88. The quantitative estimate of drug-likeness (QED) is 0.663. The molecular formula is C20H21ClN4O2. The summed E-state index contributed by atoms with van der Waals surface area (Å²) >= 11 is 5.87. The lowest BCUT2D eigenvalue weighted by atomic mass is 9.95.